The average Bonchev–Trinajstić information content (AvgIpc) is 2.28. The summed E-state index contributed by atoms with van der Waals surface area (Å²) in [6.07, 6.45) is 0. The molecule has 0 saturated carbocycles. The topological polar surface area (TPSA) is 47.7 Å². The SMILES string of the molecule is COc1cc(C)c(C(N(C)C)C(C)(C)N)c(OC)c1. The fraction of sp³-hybridized carbons (Fsp3) is 0.600. The first kappa shape index (κ1) is 15.8. The maximum Gasteiger partial charge on any atom is 0.127 e. The molecular formula is C15H26N2O2. The Morgan fingerprint density at radius 3 is 2.11 bits per heavy atom. The van der Waals surface area contributed by atoms with Crippen LogP contribution in [0.5, 0.6) is 11.5 Å². The summed E-state index contributed by atoms with van der Waals surface area (Å²) < 4.78 is 10.8. The minimum absolute atomic E-state index is 0.0633. The van der Waals surface area contributed by atoms with E-state index in [-0.39, 0.29) is 11.6 Å². The largest absolute Gasteiger partial charge is 0.497 e. The number of methoxy groups -OCH3 is 2. The fourth-order valence-corrected chi connectivity index (χ4v) is 2.67. The molecule has 1 rings (SSSR count). The molecule has 4 heteroatoms. The van der Waals surface area contributed by atoms with E-state index in [2.05, 4.69) is 11.8 Å². The van der Waals surface area contributed by atoms with E-state index >= 15 is 0 Å². The van der Waals surface area contributed by atoms with Crippen LogP contribution >= 0.6 is 0 Å². The van der Waals surface area contributed by atoms with Gasteiger partial charge in [-0.3, -0.25) is 0 Å². The third-order valence-corrected chi connectivity index (χ3v) is 3.27. The number of hydrogen-bond donors (Lipinski definition) is 1. The molecule has 19 heavy (non-hydrogen) atoms. The number of nitrogens with two attached hydrogens (primary N) is 1. The molecule has 0 aliphatic rings. The summed E-state index contributed by atoms with van der Waals surface area (Å²) in [6.45, 7) is 6.12. The normalized spacial score (nSPS) is 13.5. The average molecular weight is 266 g/mol. The Kier molecular flexibility index (Phi) is 4.82. The van der Waals surface area contributed by atoms with Gasteiger partial charge in [0.2, 0.25) is 0 Å². The Hall–Kier alpha value is -1.26. The van der Waals surface area contributed by atoms with Crippen LogP contribution in [0.3, 0.4) is 0 Å². The highest BCUT2D eigenvalue weighted by molar-refractivity contribution is 5.48. The van der Waals surface area contributed by atoms with Gasteiger partial charge in [-0.05, 0) is 46.5 Å². The Bertz CT molecular complexity index is 437. The lowest BCUT2D eigenvalue weighted by Gasteiger charge is -2.37. The third kappa shape index (κ3) is 3.39. The van der Waals surface area contributed by atoms with Gasteiger partial charge in [-0.25, -0.2) is 0 Å². The molecule has 0 saturated heterocycles. The quantitative estimate of drug-likeness (QED) is 0.888. The molecule has 0 spiro atoms. The second kappa shape index (κ2) is 5.80. The van der Waals surface area contributed by atoms with Crippen LogP contribution in [0.4, 0.5) is 0 Å². The van der Waals surface area contributed by atoms with Gasteiger partial charge in [0.15, 0.2) is 0 Å². The highest BCUT2D eigenvalue weighted by Gasteiger charge is 2.32. The summed E-state index contributed by atoms with van der Waals surface area (Å²) in [5.74, 6) is 1.61. The Morgan fingerprint density at radius 2 is 1.74 bits per heavy atom. The van der Waals surface area contributed by atoms with Crippen molar-refractivity contribution in [2.45, 2.75) is 32.4 Å². The minimum Gasteiger partial charge on any atom is -0.497 e. The summed E-state index contributed by atoms with van der Waals surface area (Å²) in [6, 6.07) is 3.98. The van der Waals surface area contributed by atoms with Gasteiger partial charge in [0.1, 0.15) is 11.5 Å². The van der Waals surface area contributed by atoms with Crippen molar-refractivity contribution in [3.8, 4) is 11.5 Å². The number of likely N-dealkylation sites (N-methyl/N-ethyl adjacent to an activating group) is 1. The summed E-state index contributed by atoms with van der Waals surface area (Å²) in [5, 5.41) is 0. The lowest BCUT2D eigenvalue weighted by Crippen LogP contribution is -2.46. The van der Waals surface area contributed by atoms with Gasteiger partial charge < -0.3 is 20.1 Å². The first-order valence-electron chi connectivity index (χ1n) is 6.40. The zero-order chi connectivity index (χ0) is 14.8. The van der Waals surface area contributed by atoms with Crippen molar-refractivity contribution in [1.29, 1.82) is 0 Å². The van der Waals surface area contributed by atoms with Crippen molar-refractivity contribution < 1.29 is 9.47 Å². The minimum atomic E-state index is -0.379. The lowest BCUT2D eigenvalue weighted by molar-refractivity contribution is 0.198. The first-order chi connectivity index (χ1) is 8.72. The van der Waals surface area contributed by atoms with Crippen LogP contribution in [0.2, 0.25) is 0 Å². The molecule has 0 fully saturated rings. The van der Waals surface area contributed by atoms with Crippen LogP contribution in [0.1, 0.15) is 31.0 Å². The maximum absolute atomic E-state index is 6.35. The van der Waals surface area contributed by atoms with Gasteiger partial charge in [-0.15, -0.1) is 0 Å². The number of nitrogens with zero attached hydrogens (tertiary/aromatic N) is 1. The highest BCUT2D eigenvalue weighted by atomic mass is 16.5. The van der Waals surface area contributed by atoms with Crippen LogP contribution in [0.15, 0.2) is 12.1 Å². The van der Waals surface area contributed by atoms with Crippen LogP contribution in [0.25, 0.3) is 0 Å². The van der Waals surface area contributed by atoms with Crippen molar-refractivity contribution in [3.05, 3.63) is 23.3 Å². The Morgan fingerprint density at radius 1 is 1.16 bits per heavy atom. The molecule has 0 bridgehead atoms. The molecule has 0 aliphatic heterocycles. The molecule has 1 unspecified atom stereocenters. The second-order valence-electron chi connectivity index (χ2n) is 5.75. The smallest absolute Gasteiger partial charge is 0.127 e. The van der Waals surface area contributed by atoms with Crippen molar-refractivity contribution in [1.82, 2.24) is 4.90 Å². The summed E-state index contributed by atoms with van der Waals surface area (Å²) in [4.78, 5) is 2.12. The van der Waals surface area contributed by atoms with E-state index in [1.165, 1.54) is 0 Å². The van der Waals surface area contributed by atoms with Gasteiger partial charge >= 0.3 is 0 Å². The monoisotopic (exact) mass is 266 g/mol. The van der Waals surface area contributed by atoms with E-state index in [0.717, 1.165) is 22.6 Å². The molecule has 108 valence electrons. The lowest BCUT2D eigenvalue weighted by atomic mass is 9.85. The Balaban J connectivity index is 3.46. The number of aryl methyl sites for hydroxylation is 1. The molecule has 0 amide bonds. The molecule has 0 radical (unpaired) electrons. The summed E-state index contributed by atoms with van der Waals surface area (Å²) in [5.41, 5.74) is 8.20. The van der Waals surface area contributed by atoms with Gasteiger partial charge in [0, 0.05) is 17.2 Å². The van der Waals surface area contributed by atoms with E-state index in [1.807, 2.05) is 40.1 Å². The predicted molar refractivity (Wildman–Crippen MR) is 79.0 cm³/mol. The number of ether oxygens (including phenoxy) is 2. The zero-order valence-corrected chi connectivity index (χ0v) is 13.1. The van der Waals surface area contributed by atoms with Gasteiger partial charge in [-0.1, -0.05) is 0 Å². The number of rotatable bonds is 5. The van der Waals surface area contributed by atoms with E-state index < -0.39 is 0 Å². The van der Waals surface area contributed by atoms with Crippen molar-refractivity contribution >= 4 is 0 Å². The number of benzene rings is 1. The van der Waals surface area contributed by atoms with Crippen LogP contribution in [-0.2, 0) is 0 Å². The van der Waals surface area contributed by atoms with Gasteiger partial charge in [-0.2, -0.15) is 0 Å². The molecule has 1 atom stereocenters. The van der Waals surface area contributed by atoms with Gasteiger partial charge in [0.05, 0.1) is 20.3 Å². The molecule has 1 aromatic rings. The van der Waals surface area contributed by atoms with Crippen molar-refractivity contribution in [3.63, 3.8) is 0 Å². The second-order valence-corrected chi connectivity index (χ2v) is 5.75. The molecule has 1 aromatic carbocycles. The number of hydrogen-bond acceptors (Lipinski definition) is 4. The van der Waals surface area contributed by atoms with E-state index in [9.17, 15) is 0 Å². The molecular weight excluding hydrogens is 240 g/mol. The van der Waals surface area contributed by atoms with E-state index in [4.69, 9.17) is 15.2 Å². The molecule has 4 nitrogen and oxygen atoms in total. The van der Waals surface area contributed by atoms with Crippen LogP contribution in [0, 0.1) is 6.92 Å². The zero-order valence-electron chi connectivity index (χ0n) is 13.1. The first-order valence-corrected chi connectivity index (χ1v) is 6.40. The fourth-order valence-electron chi connectivity index (χ4n) is 2.67. The highest BCUT2D eigenvalue weighted by Crippen LogP contribution is 2.39. The summed E-state index contributed by atoms with van der Waals surface area (Å²) in [7, 11) is 7.39. The predicted octanol–water partition coefficient (Wildman–Crippen LogP) is 2.35. The van der Waals surface area contributed by atoms with Crippen molar-refractivity contribution in [2.75, 3.05) is 28.3 Å². The van der Waals surface area contributed by atoms with Crippen LogP contribution in [-0.4, -0.2) is 38.8 Å². The van der Waals surface area contributed by atoms with E-state index in [1.54, 1.807) is 14.2 Å². The molecule has 0 aliphatic carbocycles. The Labute approximate surface area is 116 Å². The van der Waals surface area contributed by atoms with Crippen molar-refractivity contribution in [2.24, 2.45) is 5.73 Å². The van der Waals surface area contributed by atoms with Gasteiger partial charge in [0.25, 0.3) is 0 Å². The molecule has 2 N–H and O–H groups in total. The standard InChI is InChI=1S/C15H26N2O2/c1-10-8-11(18-6)9-12(19-7)13(10)14(17(4)5)15(2,3)16/h8-9,14H,16H2,1-7H3. The summed E-state index contributed by atoms with van der Waals surface area (Å²) >= 11 is 0. The molecule has 0 heterocycles. The molecule has 0 aromatic heterocycles. The maximum atomic E-state index is 6.35. The van der Waals surface area contributed by atoms with Crippen LogP contribution < -0.4 is 15.2 Å². The third-order valence-electron chi connectivity index (χ3n) is 3.27. The van der Waals surface area contributed by atoms with E-state index in [0.29, 0.717) is 0 Å².